The smallest absolute Gasteiger partial charge is 0.330 e. The number of aromatic nitrogens is 2. The summed E-state index contributed by atoms with van der Waals surface area (Å²) < 4.78 is 16.7. The van der Waals surface area contributed by atoms with Crippen molar-refractivity contribution in [3.63, 3.8) is 0 Å². The van der Waals surface area contributed by atoms with Crippen LogP contribution < -0.4 is 11.2 Å². The van der Waals surface area contributed by atoms with Gasteiger partial charge in [0.25, 0.3) is 5.56 Å². The molecule has 3 atom stereocenters. The molecule has 0 amide bonds. The standard InChI is InChI=1S/C13H18N2O7/c1-7(17)21-9-3-11(22-10(9)5-16)15-4-8(6-20-2)12(18)14-13(15)19/h4,9-11,16H,3,5-6H2,1-2H3,(H,14,18,19)/t9-,10+,11+/m1/s1. The highest BCUT2D eigenvalue weighted by Crippen LogP contribution is 2.29. The topological polar surface area (TPSA) is 120 Å². The molecule has 2 rings (SSSR count). The first-order valence-electron chi connectivity index (χ1n) is 6.73. The minimum absolute atomic E-state index is 0.0408. The summed E-state index contributed by atoms with van der Waals surface area (Å²) in [5.74, 6) is -0.499. The van der Waals surface area contributed by atoms with Gasteiger partial charge >= 0.3 is 11.7 Å². The zero-order valence-corrected chi connectivity index (χ0v) is 12.3. The van der Waals surface area contributed by atoms with E-state index in [4.69, 9.17) is 14.2 Å². The minimum Gasteiger partial charge on any atom is -0.460 e. The third-order valence-corrected chi connectivity index (χ3v) is 3.33. The number of aromatic amines is 1. The Morgan fingerprint density at radius 2 is 2.27 bits per heavy atom. The second kappa shape index (κ2) is 6.86. The van der Waals surface area contributed by atoms with E-state index in [1.165, 1.54) is 24.8 Å². The van der Waals surface area contributed by atoms with E-state index in [0.717, 1.165) is 0 Å². The lowest BCUT2D eigenvalue weighted by atomic mass is 10.2. The van der Waals surface area contributed by atoms with E-state index in [2.05, 4.69) is 4.98 Å². The molecule has 0 spiro atoms. The van der Waals surface area contributed by atoms with Crippen molar-refractivity contribution in [3.05, 3.63) is 32.6 Å². The summed E-state index contributed by atoms with van der Waals surface area (Å²) in [5.41, 5.74) is -0.909. The molecule has 1 aliphatic rings. The summed E-state index contributed by atoms with van der Waals surface area (Å²) in [6, 6.07) is 0. The summed E-state index contributed by atoms with van der Waals surface area (Å²) >= 11 is 0. The number of nitrogens with zero attached hydrogens (tertiary/aromatic N) is 1. The molecule has 0 unspecified atom stereocenters. The van der Waals surface area contributed by atoms with Crippen molar-refractivity contribution in [2.75, 3.05) is 13.7 Å². The van der Waals surface area contributed by atoms with E-state index < -0.39 is 35.7 Å². The number of carbonyl (C=O) groups is 1. The van der Waals surface area contributed by atoms with Crippen molar-refractivity contribution >= 4 is 5.97 Å². The second-order valence-corrected chi connectivity index (χ2v) is 4.95. The lowest BCUT2D eigenvalue weighted by Crippen LogP contribution is -2.34. The highest BCUT2D eigenvalue weighted by atomic mass is 16.6. The van der Waals surface area contributed by atoms with Crippen LogP contribution in [0.4, 0.5) is 0 Å². The van der Waals surface area contributed by atoms with Gasteiger partial charge in [-0.3, -0.25) is 19.1 Å². The van der Waals surface area contributed by atoms with Gasteiger partial charge in [-0.05, 0) is 0 Å². The van der Waals surface area contributed by atoms with Crippen LogP contribution in [0, 0.1) is 0 Å². The lowest BCUT2D eigenvalue weighted by molar-refractivity contribution is -0.150. The molecule has 2 heterocycles. The van der Waals surface area contributed by atoms with Crippen molar-refractivity contribution in [2.45, 2.75) is 38.4 Å². The normalized spacial score (nSPS) is 24.4. The SMILES string of the molecule is COCc1cn([C@@H]2C[C@@H](OC(C)=O)[C@H](CO)O2)c(=O)[nH]c1=O. The maximum absolute atomic E-state index is 11.9. The van der Waals surface area contributed by atoms with Crippen molar-refractivity contribution in [1.82, 2.24) is 9.55 Å². The van der Waals surface area contributed by atoms with Gasteiger partial charge in [0.05, 0.1) is 18.8 Å². The predicted octanol–water partition coefficient (Wildman–Crippen LogP) is -1.11. The van der Waals surface area contributed by atoms with Gasteiger partial charge in [0.15, 0.2) is 0 Å². The van der Waals surface area contributed by atoms with Crippen LogP contribution in [-0.2, 0) is 25.6 Å². The summed E-state index contributed by atoms with van der Waals surface area (Å²) in [4.78, 5) is 36.8. The molecule has 22 heavy (non-hydrogen) atoms. The Balaban J connectivity index is 2.28. The van der Waals surface area contributed by atoms with Crippen molar-refractivity contribution in [3.8, 4) is 0 Å². The first-order valence-corrected chi connectivity index (χ1v) is 6.73. The third kappa shape index (κ3) is 3.43. The van der Waals surface area contributed by atoms with Crippen LogP contribution in [0.5, 0.6) is 0 Å². The van der Waals surface area contributed by atoms with Crippen LogP contribution >= 0.6 is 0 Å². The van der Waals surface area contributed by atoms with Crippen LogP contribution in [0.15, 0.2) is 15.8 Å². The Kier molecular flexibility index (Phi) is 5.11. The van der Waals surface area contributed by atoms with Crippen molar-refractivity contribution < 1.29 is 24.1 Å². The molecule has 0 aromatic carbocycles. The molecule has 0 aliphatic carbocycles. The number of hydrogen-bond donors (Lipinski definition) is 2. The second-order valence-electron chi connectivity index (χ2n) is 4.95. The predicted molar refractivity (Wildman–Crippen MR) is 73.2 cm³/mol. The number of aliphatic hydroxyl groups is 1. The van der Waals surface area contributed by atoms with Gasteiger partial charge in [-0.25, -0.2) is 4.79 Å². The van der Waals surface area contributed by atoms with Crippen LogP contribution in [0.25, 0.3) is 0 Å². The Labute approximate surface area is 125 Å². The van der Waals surface area contributed by atoms with E-state index in [9.17, 15) is 19.5 Å². The fraction of sp³-hybridized carbons (Fsp3) is 0.615. The van der Waals surface area contributed by atoms with Gasteiger partial charge in [-0.2, -0.15) is 0 Å². The Bertz CT molecular complexity index is 651. The van der Waals surface area contributed by atoms with E-state index in [-0.39, 0.29) is 25.2 Å². The van der Waals surface area contributed by atoms with Crippen LogP contribution in [0.3, 0.4) is 0 Å². The van der Waals surface area contributed by atoms with Gasteiger partial charge in [0.1, 0.15) is 18.4 Å². The van der Waals surface area contributed by atoms with E-state index >= 15 is 0 Å². The Morgan fingerprint density at radius 3 is 2.86 bits per heavy atom. The molecule has 1 aromatic rings. The molecule has 0 saturated carbocycles. The van der Waals surface area contributed by atoms with Gasteiger partial charge in [0, 0.05) is 26.7 Å². The maximum Gasteiger partial charge on any atom is 0.330 e. The average Bonchev–Trinajstić information content (AvgIpc) is 2.83. The number of hydrogen-bond acceptors (Lipinski definition) is 7. The van der Waals surface area contributed by atoms with Crippen molar-refractivity contribution in [1.29, 1.82) is 0 Å². The molecule has 1 aromatic heterocycles. The van der Waals surface area contributed by atoms with Gasteiger partial charge in [0.2, 0.25) is 0 Å². The maximum atomic E-state index is 11.9. The van der Waals surface area contributed by atoms with E-state index in [1.54, 1.807) is 0 Å². The molecular weight excluding hydrogens is 296 g/mol. The highest BCUT2D eigenvalue weighted by molar-refractivity contribution is 5.66. The molecule has 1 fully saturated rings. The first-order chi connectivity index (χ1) is 10.5. The number of rotatable bonds is 5. The molecule has 0 bridgehead atoms. The molecule has 2 N–H and O–H groups in total. The monoisotopic (exact) mass is 314 g/mol. The average molecular weight is 314 g/mol. The largest absolute Gasteiger partial charge is 0.460 e. The molecule has 1 saturated heterocycles. The van der Waals surface area contributed by atoms with Gasteiger partial charge < -0.3 is 19.3 Å². The molecule has 9 nitrogen and oxygen atoms in total. The summed E-state index contributed by atoms with van der Waals surface area (Å²) in [5, 5.41) is 9.28. The number of aliphatic hydroxyl groups excluding tert-OH is 1. The fourth-order valence-electron chi connectivity index (χ4n) is 2.37. The molecule has 122 valence electrons. The number of methoxy groups -OCH3 is 1. The van der Waals surface area contributed by atoms with Crippen molar-refractivity contribution in [2.24, 2.45) is 0 Å². The number of H-pyrrole nitrogens is 1. The summed E-state index contributed by atoms with van der Waals surface area (Å²) in [6.45, 7) is 0.946. The van der Waals surface area contributed by atoms with E-state index in [0.29, 0.717) is 0 Å². The third-order valence-electron chi connectivity index (χ3n) is 3.33. The zero-order chi connectivity index (χ0) is 16.3. The first kappa shape index (κ1) is 16.4. The molecule has 0 radical (unpaired) electrons. The van der Waals surface area contributed by atoms with Gasteiger partial charge in [-0.15, -0.1) is 0 Å². The molecule has 9 heteroatoms. The summed E-state index contributed by atoms with van der Waals surface area (Å²) in [6.07, 6.45) is -0.583. The zero-order valence-electron chi connectivity index (χ0n) is 12.3. The Morgan fingerprint density at radius 1 is 1.55 bits per heavy atom. The van der Waals surface area contributed by atoms with Crippen LogP contribution in [0.2, 0.25) is 0 Å². The number of ether oxygens (including phenoxy) is 3. The van der Waals surface area contributed by atoms with Crippen LogP contribution in [-0.4, -0.2) is 46.6 Å². The lowest BCUT2D eigenvalue weighted by Gasteiger charge is -2.15. The van der Waals surface area contributed by atoms with E-state index in [1.807, 2.05) is 0 Å². The fourth-order valence-corrected chi connectivity index (χ4v) is 2.37. The van der Waals surface area contributed by atoms with Gasteiger partial charge in [-0.1, -0.05) is 0 Å². The number of nitrogens with one attached hydrogen (secondary N) is 1. The number of carbonyl (C=O) groups excluding carboxylic acids is 1. The molecule has 1 aliphatic heterocycles. The molecular formula is C13H18N2O7. The highest BCUT2D eigenvalue weighted by Gasteiger charge is 2.38. The quantitative estimate of drug-likeness (QED) is 0.661. The van der Waals surface area contributed by atoms with Crippen LogP contribution in [0.1, 0.15) is 25.1 Å². The Hall–Kier alpha value is -1.97. The number of esters is 1. The summed E-state index contributed by atoms with van der Waals surface area (Å²) in [7, 11) is 1.43. The minimum atomic E-state index is -0.749.